The molecular weight excluding hydrogens is 334 g/mol. The highest BCUT2D eigenvalue weighted by Gasteiger charge is 2.27. The minimum absolute atomic E-state index is 0.0624. The van der Waals surface area contributed by atoms with Crippen LogP contribution in [0.5, 0.6) is 0 Å². The zero-order valence-electron chi connectivity index (χ0n) is 16.2. The predicted octanol–water partition coefficient (Wildman–Crippen LogP) is 4.66. The number of aryl methyl sites for hydroxylation is 3. The number of amides is 1. The average Bonchev–Trinajstić information content (AvgIpc) is 3.10. The van der Waals surface area contributed by atoms with Gasteiger partial charge in [0.05, 0.1) is 5.52 Å². The Morgan fingerprint density at radius 3 is 2.93 bits per heavy atom. The molecule has 1 amide bonds. The SMILES string of the molecule is Cc1ccc2[nH]nc(C(=O)N3CCCC(CCc4ccccc4C)C3)c2c1. The van der Waals surface area contributed by atoms with Crippen LogP contribution in [0.1, 0.15) is 46.4 Å². The summed E-state index contributed by atoms with van der Waals surface area (Å²) in [5.74, 6) is 0.627. The van der Waals surface area contributed by atoms with E-state index >= 15 is 0 Å². The summed E-state index contributed by atoms with van der Waals surface area (Å²) in [5, 5.41) is 8.26. The number of carbonyl (C=O) groups excluding carboxylic acids is 1. The summed E-state index contributed by atoms with van der Waals surface area (Å²) < 4.78 is 0. The third-order valence-electron chi connectivity index (χ3n) is 5.81. The maximum Gasteiger partial charge on any atom is 0.275 e. The van der Waals surface area contributed by atoms with Gasteiger partial charge < -0.3 is 4.90 Å². The van der Waals surface area contributed by atoms with Gasteiger partial charge in [-0.25, -0.2) is 0 Å². The monoisotopic (exact) mass is 361 g/mol. The summed E-state index contributed by atoms with van der Waals surface area (Å²) in [6.07, 6.45) is 4.50. The molecule has 4 rings (SSSR count). The van der Waals surface area contributed by atoms with E-state index in [4.69, 9.17) is 0 Å². The van der Waals surface area contributed by atoms with E-state index in [9.17, 15) is 4.79 Å². The summed E-state index contributed by atoms with van der Waals surface area (Å²) in [6, 6.07) is 14.7. The van der Waals surface area contributed by atoms with Crippen LogP contribution in [0.4, 0.5) is 0 Å². The Hall–Kier alpha value is -2.62. The van der Waals surface area contributed by atoms with Crippen molar-refractivity contribution in [2.24, 2.45) is 5.92 Å². The molecule has 1 aromatic heterocycles. The van der Waals surface area contributed by atoms with Crippen LogP contribution in [0.3, 0.4) is 0 Å². The largest absolute Gasteiger partial charge is 0.337 e. The number of fused-ring (bicyclic) bond motifs is 1. The number of rotatable bonds is 4. The molecule has 4 heteroatoms. The van der Waals surface area contributed by atoms with Crippen LogP contribution in [0.25, 0.3) is 10.9 Å². The van der Waals surface area contributed by atoms with Gasteiger partial charge in [-0.05, 0) is 68.7 Å². The van der Waals surface area contributed by atoms with Crippen LogP contribution in [-0.2, 0) is 6.42 Å². The van der Waals surface area contributed by atoms with Gasteiger partial charge in [0.15, 0.2) is 5.69 Å². The third kappa shape index (κ3) is 3.75. The number of hydrogen-bond donors (Lipinski definition) is 1. The topological polar surface area (TPSA) is 49.0 Å². The van der Waals surface area contributed by atoms with Crippen LogP contribution in [-0.4, -0.2) is 34.1 Å². The van der Waals surface area contributed by atoms with Crippen molar-refractivity contribution < 1.29 is 4.79 Å². The molecule has 4 nitrogen and oxygen atoms in total. The Kier molecular flexibility index (Phi) is 4.97. The first-order valence-corrected chi connectivity index (χ1v) is 9.90. The summed E-state index contributed by atoms with van der Waals surface area (Å²) in [6.45, 7) is 5.89. The van der Waals surface area contributed by atoms with E-state index in [1.165, 1.54) is 17.5 Å². The Morgan fingerprint density at radius 1 is 1.22 bits per heavy atom. The van der Waals surface area contributed by atoms with Crippen LogP contribution in [0.15, 0.2) is 42.5 Å². The van der Waals surface area contributed by atoms with Gasteiger partial charge in [-0.1, -0.05) is 35.9 Å². The molecule has 1 aliphatic heterocycles. The molecular formula is C23H27N3O. The molecule has 0 saturated carbocycles. The number of piperidine rings is 1. The number of benzene rings is 2. The molecule has 0 aliphatic carbocycles. The van der Waals surface area contributed by atoms with Crippen LogP contribution < -0.4 is 0 Å². The average molecular weight is 361 g/mol. The molecule has 1 atom stereocenters. The highest BCUT2D eigenvalue weighted by molar-refractivity contribution is 6.04. The number of hydrogen-bond acceptors (Lipinski definition) is 2. The molecule has 1 unspecified atom stereocenters. The Bertz CT molecular complexity index is 959. The molecule has 0 spiro atoms. The molecule has 2 aromatic carbocycles. The van der Waals surface area contributed by atoms with Crippen LogP contribution in [0.2, 0.25) is 0 Å². The van der Waals surface area contributed by atoms with Gasteiger partial charge in [0.25, 0.3) is 5.91 Å². The first kappa shape index (κ1) is 17.8. The number of nitrogens with zero attached hydrogens (tertiary/aromatic N) is 2. The third-order valence-corrected chi connectivity index (χ3v) is 5.81. The highest BCUT2D eigenvalue weighted by atomic mass is 16.2. The molecule has 27 heavy (non-hydrogen) atoms. The van der Waals surface area contributed by atoms with Gasteiger partial charge in [0, 0.05) is 18.5 Å². The van der Waals surface area contributed by atoms with E-state index in [2.05, 4.69) is 41.4 Å². The van der Waals surface area contributed by atoms with E-state index in [1.807, 2.05) is 30.0 Å². The lowest BCUT2D eigenvalue weighted by Gasteiger charge is -2.32. The number of nitrogens with one attached hydrogen (secondary N) is 1. The van der Waals surface area contributed by atoms with Crippen molar-refractivity contribution >= 4 is 16.8 Å². The second-order valence-corrected chi connectivity index (χ2v) is 7.85. The molecule has 0 bridgehead atoms. The van der Waals surface area contributed by atoms with Gasteiger partial charge in [-0.15, -0.1) is 0 Å². The van der Waals surface area contributed by atoms with Crippen molar-refractivity contribution in [3.63, 3.8) is 0 Å². The summed E-state index contributed by atoms with van der Waals surface area (Å²) in [4.78, 5) is 15.1. The number of aromatic nitrogens is 2. The fraction of sp³-hybridized carbons (Fsp3) is 0.391. The van der Waals surface area contributed by atoms with Crippen molar-refractivity contribution in [2.45, 2.75) is 39.5 Å². The number of carbonyl (C=O) groups is 1. The Balaban J connectivity index is 1.45. The minimum Gasteiger partial charge on any atom is -0.337 e. The predicted molar refractivity (Wildman–Crippen MR) is 109 cm³/mol. The quantitative estimate of drug-likeness (QED) is 0.734. The van der Waals surface area contributed by atoms with Crippen LogP contribution in [0, 0.1) is 19.8 Å². The smallest absolute Gasteiger partial charge is 0.275 e. The number of likely N-dealkylation sites (tertiary alicyclic amines) is 1. The lowest BCUT2D eigenvalue weighted by molar-refractivity contribution is 0.0664. The molecule has 0 radical (unpaired) electrons. The number of H-pyrrole nitrogens is 1. The van der Waals surface area contributed by atoms with E-state index in [-0.39, 0.29) is 5.91 Å². The molecule has 1 saturated heterocycles. The van der Waals surface area contributed by atoms with Gasteiger partial charge >= 0.3 is 0 Å². The highest BCUT2D eigenvalue weighted by Crippen LogP contribution is 2.25. The molecule has 1 fully saturated rings. The zero-order valence-corrected chi connectivity index (χ0v) is 16.2. The summed E-state index contributed by atoms with van der Waals surface area (Å²) >= 11 is 0. The van der Waals surface area contributed by atoms with Gasteiger partial charge in [-0.2, -0.15) is 5.10 Å². The van der Waals surface area contributed by atoms with E-state index < -0.39 is 0 Å². The number of aromatic amines is 1. The fourth-order valence-electron chi connectivity index (χ4n) is 4.18. The molecule has 1 aliphatic rings. The van der Waals surface area contributed by atoms with E-state index in [0.29, 0.717) is 11.6 Å². The van der Waals surface area contributed by atoms with Gasteiger partial charge in [0.1, 0.15) is 0 Å². The lowest BCUT2D eigenvalue weighted by atomic mass is 9.90. The Labute approximate surface area is 160 Å². The summed E-state index contributed by atoms with van der Waals surface area (Å²) in [7, 11) is 0. The van der Waals surface area contributed by atoms with Crippen molar-refractivity contribution in [1.82, 2.24) is 15.1 Å². The van der Waals surface area contributed by atoms with Crippen molar-refractivity contribution in [2.75, 3.05) is 13.1 Å². The first-order valence-electron chi connectivity index (χ1n) is 9.90. The lowest BCUT2D eigenvalue weighted by Crippen LogP contribution is -2.40. The summed E-state index contributed by atoms with van der Waals surface area (Å²) in [5.41, 5.74) is 5.42. The minimum atomic E-state index is 0.0624. The van der Waals surface area contributed by atoms with Gasteiger partial charge in [-0.3, -0.25) is 9.89 Å². The van der Waals surface area contributed by atoms with Crippen LogP contribution >= 0.6 is 0 Å². The molecule has 1 N–H and O–H groups in total. The molecule has 2 heterocycles. The zero-order chi connectivity index (χ0) is 18.8. The van der Waals surface area contributed by atoms with E-state index in [0.717, 1.165) is 48.8 Å². The second-order valence-electron chi connectivity index (χ2n) is 7.85. The fourth-order valence-corrected chi connectivity index (χ4v) is 4.18. The van der Waals surface area contributed by atoms with Crippen molar-refractivity contribution in [3.05, 3.63) is 64.8 Å². The first-order chi connectivity index (χ1) is 13.1. The van der Waals surface area contributed by atoms with Gasteiger partial charge in [0.2, 0.25) is 0 Å². The standard InChI is InChI=1S/C23H27N3O/c1-16-9-12-21-20(14-16)22(25-24-21)23(27)26-13-5-7-18(15-26)10-11-19-8-4-3-6-17(19)2/h3-4,6,8-9,12,14,18H,5,7,10-11,13,15H2,1-2H3,(H,24,25). The van der Waals surface area contributed by atoms with Crippen molar-refractivity contribution in [1.29, 1.82) is 0 Å². The maximum absolute atomic E-state index is 13.1. The van der Waals surface area contributed by atoms with E-state index in [1.54, 1.807) is 0 Å². The molecule has 3 aromatic rings. The maximum atomic E-state index is 13.1. The second kappa shape index (κ2) is 7.55. The van der Waals surface area contributed by atoms with Crippen molar-refractivity contribution in [3.8, 4) is 0 Å². The Morgan fingerprint density at radius 2 is 2.07 bits per heavy atom. The normalized spacial score (nSPS) is 17.4. The molecule has 140 valence electrons.